The number of nitrogens with zero attached hydrogens (tertiary/aromatic N) is 5. The van der Waals surface area contributed by atoms with E-state index in [0.717, 1.165) is 27.2 Å². The SMILES string of the molecule is CO/N=C(\C(=O)C[C@@H]1C(=O)N2C(C(=O)[O-])=C(C[n+]3cccc4c3ccn4Cc3cc(C(=N)N)cs3)CS[C@H]12)c1nc(N)sc1Cl. The minimum Gasteiger partial charge on any atom is -0.543 e. The van der Waals surface area contributed by atoms with Crippen molar-refractivity contribution in [1.82, 2.24) is 14.5 Å². The van der Waals surface area contributed by atoms with Crippen LogP contribution in [0.25, 0.3) is 11.0 Å². The Hall–Kier alpha value is -4.25. The zero-order valence-electron chi connectivity index (χ0n) is 23.6. The second-order valence-corrected chi connectivity index (χ2v) is 14.0. The number of carbonyl (C=O) groups excluding carboxylic acids is 3. The van der Waals surface area contributed by atoms with Crippen molar-refractivity contribution in [2.75, 3.05) is 18.6 Å². The number of hydrogen-bond donors (Lipinski definition) is 3. The van der Waals surface area contributed by atoms with E-state index in [0.29, 0.717) is 23.4 Å². The Morgan fingerprint density at radius 3 is 2.82 bits per heavy atom. The van der Waals surface area contributed by atoms with Gasteiger partial charge in [0.15, 0.2) is 29.4 Å². The van der Waals surface area contributed by atoms with Crippen LogP contribution in [0.4, 0.5) is 5.13 Å². The van der Waals surface area contributed by atoms with E-state index in [9.17, 15) is 19.5 Å². The smallest absolute Gasteiger partial charge is 0.234 e. The summed E-state index contributed by atoms with van der Waals surface area (Å²) in [6.07, 6.45) is 3.57. The number of fused-ring (bicyclic) bond motifs is 2. The number of amidine groups is 1. The van der Waals surface area contributed by atoms with E-state index in [2.05, 4.69) is 14.7 Å². The molecular formula is C28H25ClN8O5S3. The number of Topliss-reactive ketones (excluding diaryl/α,β-unsaturated/α-hetero) is 1. The number of nitrogens with two attached hydrogens (primary N) is 2. The van der Waals surface area contributed by atoms with Gasteiger partial charge in [-0.05, 0) is 12.1 Å². The number of pyridine rings is 1. The maximum Gasteiger partial charge on any atom is 0.234 e. The van der Waals surface area contributed by atoms with E-state index < -0.39 is 29.0 Å². The number of β-lactam (4-membered cyclic amide) rings is 1. The van der Waals surface area contributed by atoms with Crippen molar-refractivity contribution in [3.05, 3.63) is 73.8 Å². The topological polar surface area (TPSA) is 197 Å². The van der Waals surface area contributed by atoms with Gasteiger partial charge in [0.25, 0.3) is 0 Å². The highest BCUT2D eigenvalue weighted by molar-refractivity contribution is 8.00. The fraction of sp³-hybridized carbons (Fsp3) is 0.250. The molecule has 0 aliphatic carbocycles. The fourth-order valence-corrected chi connectivity index (χ4v) is 8.69. The molecule has 0 bridgehead atoms. The first-order valence-electron chi connectivity index (χ1n) is 13.4. The monoisotopic (exact) mass is 684 g/mol. The molecule has 2 atom stereocenters. The van der Waals surface area contributed by atoms with Crippen LogP contribution >= 0.6 is 46.0 Å². The summed E-state index contributed by atoms with van der Waals surface area (Å²) in [4.78, 5) is 50.1. The molecule has 0 saturated carbocycles. The van der Waals surface area contributed by atoms with E-state index in [-0.39, 0.29) is 45.4 Å². The molecule has 4 aromatic heterocycles. The Bertz CT molecular complexity index is 1950. The van der Waals surface area contributed by atoms with Crippen molar-refractivity contribution in [2.24, 2.45) is 16.8 Å². The van der Waals surface area contributed by atoms with E-state index in [4.69, 9.17) is 33.3 Å². The number of thiazole rings is 1. The largest absolute Gasteiger partial charge is 0.543 e. The Morgan fingerprint density at radius 2 is 2.16 bits per heavy atom. The van der Waals surface area contributed by atoms with Gasteiger partial charge in [-0.1, -0.05) is 28.1 Å². The molecule has 5 N–H and O–H groups in total. The summed E-state index contributed by atoms with van der Waals surface area (Å²) in [5, 5.41) is 25.3. The number of nitrogen functional groups attached to an aromatic ring is 2. The lowest BCUT2D eigenvalue weighted by Crippen LogP contribution is -2.63. The summed E-state index contributed by atoms with van der Waals surface area (Å²) in [6.45, 7) is 0.802. The molecular weight excluding hydrogens is 660 g/mol. The zero-order valence-corrected chi connectivity index (χ0v) is 26.8. The number of nitrogens with one attached hydrogen (secondary N) is 1. The van der Waals surface area contributed by atoms with Crippen LogP contribution in [0.2, 0.25) is 4.34 Å². The molecule has 232 valence electrons. The summed E-state index contributed by atoms with van der Waals surface area (Å²) in [7, 11) is 1.27. The molecule has 13 nitrogen and oxygen atoms in total. The molecule has 1 fully saturated rings. The number of amides is 1. The number of hydrogen-bond acceptors (Lipinski definition) is 12. The van der Waals surface area contributed by atoms with Crippen LogP contribution in [-0.4, -0.2) is 61.9 Å². The molecule has 6 heterocycles. The van der Waals surface area contributed by atoms with Gasteiger partial charge in [-0.25, -0.2) is 4.98 Å². The number of rotatable bonds is 11. The van der Waals surface area contributed by atoms with Crippen LogP contribution in [0.5, 0.6) is 0 Å². The van der Waals surface area contributed by atoms with E-state index in [1.807, 2.05) is 46.6 Å². The second kappa shape index (κ2) is 12.3. The molecule has 6 rings (SSSR count). The van der Waals surface area contributed by atoms with Gasteiger partial charge in [0.1, 0.15) is 28.5 Å². The average molecular weight is 685 g/mol. The van der Waals surface area contributed by atoms with Gasteiger partial charge in [-0.15, -0.1) is 23.1 Å². The summed E-state index contributed by atoms with van der Waals surface area (Å²) in [6, 6.07) is 7.69. The predicted molar refractivity (Wildman–Crippen MR) is 170 cm³/mol. The highest BCUT2D eigenvalue weighted by Crippen LogP contribution is 2.45. The number of anilines is 1. The fourth-order valence-electron chi connectivity index (χ4n) is 5.47. The first-order chi connectivity index (χ1) is 21.6. The van der Waals surface area contributed by atoms with Crippen LogP contribution in [0, 0.1) is 11.3 Å². The molecule has 45 heavy (non-hydrogen) atoms. The van der Waals surface area contributed by atoms with Crippen LogP contribution in [0.15, 0.2) is 58.5 Å². The third-order valence-corrected chi connectivity index (χ3v) is 10.9. The average Bonchev–Trinajstić information content (AvgIpc) is 3.73. The number of aliphatic carboxylic acids is 1. The van der Waals surface area contributed by atoms with Crippen LogP contribution in [-0.2, 0) is 32.3 Å². The first kappa shape index (κ1) is 30.8. The van der Waals surface area contributed by atoms with Crippen molar-refractivity contribution >= 4 is 91.4 Å². The first-order valence-corrected chi connectivity index (χ1v) is 16.5. The zero-order chi connectivity index (χ0) is 32.0. The van der Waals surface area contributed by atoms with Gasteiger partial charge in [-0.2, -0.15) is 4.57 Å². The van der Waals surface area contributed by atoms with Crippen molar-refractivity contribution in [1.29, 1.82) is 5.41 Å². The molecule has 1 saturated heterocycles. The van der Waals surface area contributed by atoms with Gasteiger partial charge in [0.2, 0.25) is 11.4 Å². The molecule has 0 unspecified atom stereocenters. The van der Waals surface area contributed by atoms with Crippen molar-refractivity contribution in [3.8, 4) is 0 Å². The minimum atomic E-state index is -1.45. The number of ketones is 1. The number of carbonyl (C=O) groups is 3. The molecule has 17 heteroatoms. The van der Waals surface area contributed by atoms with Gasteiger partial charge in [0.05, 0.1) is 29.5 Å². The number of thiophene rings is 1. The molecule has 2 aliphatic heterocycles. The molecule has 4 aromatic rings. The number of carboxylic acids is 1. The molecule has 2 aliphatic rings. The second-order valence-electron chi connectivity index (χ2n) is 10.2. The van der Waals surface area contributed by atoms with E-state index in [1.54, 1.807) is 0 Å². The van der Waals surface area contributed by atoms with E-state index in [1.165, 1.54) is 35.1 Å². The van der Waals surface area contributed by atoms with Gasteiger partial charge in [0, 0.05) is 51.9 Å². The Morgan fingerprint density at radius 1 is 1.36 bits per heavy atom. The Balaban J connectivity index is 1.22. The summed E-state index contributed by atoms with van der Waals surface area (Å²) in [5.41, 5.74) is 14.1. The number of carboxylic acid groups (broad SMARTS) is 1. The maximum absolute atomic E-state index is 13.3. The standard InChI is InChI=1S/C28H25ClN8O5S3/c1-42-34-20(21-23(29)45-28(32)33-21)19(38)8-16-25(39)37-22(27(40)41)14(12-44-26(16)37)9-35-5-2-3-17-18(35)4-6-36(17)10-15-7-13(11-43-15)24(30)31/h2-7,11,16,26H,8-10,12H2,1H3,(H5-,30,31,32,33,40,41)/b34-20+/t16-,26-/m1/s1. The van der Waals surface area contributed by atoms with E-state index >= 15 is 0 Å². The van der Waals surface area contributed by atoms with Gasteiger partial charge < -0.3 is 30.8 Å². The number of oxime groups is 1. The van der Waals surface area contributed by atoms with Crippen molar-refractivity contribution in [3.63, 3.8) is 0 Å². The highest BCUT2D eigenvalue weighted by Gasteiger charge is 2.53. The normalized spacial score (nSPS) is 18.2. The number of halogens is 1. The highest BCUT2D eigenvalue weighted by atomic mass is 35.5. The predicted octanol–water partition coefficient (Wildman–Crippen LogP) is 1.56. The number of thioether (sulfide) groups is 1. The third-order valence-electron chi connectivity index (χ3n) is 7.50. The lowest BCUT2D eigenvalue weighted by atomic mass is 9.89. The van der Waals surface area contributed by atoms with Crippen LogP contribution < -0.4 is 21.1 Å². The summed E-state index contributed by atoms with van der Waals surface area (Å²) >= 11 is 10.1. The van der Waals surface area contributed by atoms with Crippen LogP contribution in [0.1, 0.15) is 22.6 Å². The summed E-state index contributed by atoms with van der Waals surface area (Å²) in [5.74, 6) is -2.91. The lowest BCUT2D eigenvalue weighted by molar-refractivity contribution is -0.663. The minimum absolute atomic E-state index is 0.0201. The lowest BCUT2D eigenvalue weighted by Gasteiger charge is -2.50. The van der Waals surface area contributed by atoms with Crippen molar-refractivity contribution in [2.45, 2.75) is 24.9 Å². The molecule has 0 radical (unpaired) electrons. The summed E-state index contributed by atoms with van der Waals surface area (Å²) < 4.78 is 4.16. The number of aromatic nitrogens is 3. The van der Waals surface area contributed by atoms with Gasteiger partial charge in [-0.3, -0.25) is 19.9 Å². The third kappa shape index (κ3) is 5.69. The molecule has 1 amide bonds. The molecule has 0 aromatic carbocycles. The van der Waals surface area contributed by atoms with Crippen molar-refractivity contribution < 1.29 is 28.9 Å². The quantitative estimate of drug-likeness (QED) is 0.0690. The Labute approximate surface area is 273 Å². The maximum atomic E-state index is 13.3. The Kier molecular flexibility index (Phi) is 8.39. The van der Waals surface area contributed by atoms with Gasteiger partial charge >= 0.3 is 0 Å². The van der Waals surface area contributed by atoms with Crippen LogP contribution in [0.3, 0.4) is 0 Å². The molecule has 0 spiro atoms.